The van der Waals surface area contributed by atoms with Crippen LogP contribution in [-0.4, -0.2) is 31.7 Å². The lowest BCUT2D eigenvalue weighted by Crippen LogP contribution is -2.44. The maximum absolute atomic E-state index is 12.8. The average molecular weight is 462 g/mol. The number of piperidine rings is 1. The van der Waals surface area contributed by atoms with Crippen molar-refractivity contribution in [2.24, 2.45) is 5.92 Å². The van der Waals surface area contributed by atoms with Crippen LogP contribution in [0.5, 0.6) is 0 Å². The molecule has 1 aliphatic heterocycles. The fourth-order valence-electron chi connectivity index (χ4n) is 3.15. The molecule has 0 aromatic heterocycles. The molecule has 1 amide bonds. The number of amides is 1. The first-order valence-electron chi connectivity index (χ1n) is 8.73. The number of hydrogen-bond donors (Lipinski definition) is 1. The lowest BCUT2D eigenvalue weighted by Gasteiger charge is -2.31. The zero-order valence-corrected chi connectivity index (χ0v) is 18.0. The quantitative estimate of drug-likeness (QED) is 0.693. The number of carbonyl (C=O) groups is 1. The highest BCUT2D eigenvalue weighted by atomic mass is 35.5. The van der Waals surface area contributed by atoms with E-state index in [1.807, 2.05) is 0 Å². The third-order valence-corrected chi connectivity index (χ3v) is 7.21. The molecular weight excluding hydrogens is 443 g/mol. The molecule has 1 fully saturated rings. The molecule has 9 heteroatoms. The molecule has 0 aliphatic carbocycles. The molecular formula is C19H19Cl3N2O3S. The Bertz CT molecular complexity index is 982. The summed E-state index contributed by atoms with van der Waals surface area (Å²) in [5.74, 6) is -0.874. The molecule has 1 N–H and O–H groups in total. The van der Waals surface area contributed by atoms with E-state index in [0.29, 0.717) is 45.7 Å². The molecule has 0 radical (unpaired) electrons. The standard InChI is InChI=1S/C19H19Cl3N2O3S/c20-15-4-1-5-17(9-15)23-19(25)13-3-2-8-24(11-13)28(26,27)12-14-6-7-16(21)10-18(14)22/h1,4-7,9-10,13H,2-3,8,11-12H2,(H,23,25)/t13-/m1/s1. The summed E-state index contributed by atoms with van der Waals surface area (Å²) < 4.78 is 27.1. The van der Waals surface area contributed by atoms with Gasteiger partial charge in [-0.3, -0.25) is 4.79 Å². The maximum Gasteiger partial charge on any atom is 0.228 e. The van der Waals surface area contributed by atoms with Crippen molar-refractivity contribution in [3.63, 3.8) is 0 Å². The predicted molar refractivity (Wildman–Crippen MR) is 113 cm³/mol. The average Bonchev–Trinajstić information content (AvgIpc) is 2.64. The van der Waals surface area contributed by atoms with Gasteiger partial charge in [-0.25, -0.2) is 12.7 Å². The zero-order chi connectivity index (χ0) is 20.3. The van der Waals surface area contributed by atoms with Crippen molar-refractivity contribution in [1.29, 1.82) is 0 Å². The monoisotopic (exact) mass is 460 g/mol. The maximum atomic E-state index is 12.8. The molecule has 28 heavy (non-hydrogen) atoms. The zero-order valence-electron chi connectivity index (χ0n) is 14.9. The number of benzene rings is 2. The van der Waals surface area contributed by atoms with Crippen molar-refractivity contribution < 1.29 is 13.2 Å². The minimum Gasteiger partial charge on any atom is -0.326 e. The van der Waals surface area contributed by atoms with Crippen LogP contribution in [-0.2, 0) is 20.6 Å². The second-order valence-electron chi connectivity index (χ2n) is 6.69. The number of hydrogen-bond acceptors (Lipinski definition) is 3. The molecule has 1 saturated heterocycles. The third kappa shape index (κ3) is 5.39. The Kier molecular flexibility index (Phi) is 6.89. The molecule has 3 rings (SSSR count). The second-order valence-corrected chi connectivity index (χ2v) is 9.94. The number of rotatable bonds is 5. The van der Waals surface area contributed by atoms with Crippen LogP contribution in [0, 0.1) is 5.92 Å². The first kappa shape index (κ1) is 21.4. The molecule has 1 atom stereocenters. The number of nitrogens with one attached hydrogen (secondary N) is 1. The van der Waals surface area contributed by atoms with Crippen LogP contribution in [0.1, 0.15) is 18.4 Å². The molecule has 1 aliphatic rings. The van der Waals surface area contributed by atoms with E-state index in [9.17, 15) is 13.2 Å². The molecule has 1 heterocycles. The van der Waals surface area contributed by atoms with E-state index in [-0.39, 0.29) is 18.2 Å². The molecule has 150 valence electrons. The Morgan fingerprint density at radius 1 is 1.11 bits per heavy atom. The van der Waals surface area contributed by atoms with Crippen LogP contribution in [0.15, 0.2) is 42.5 Å². The van der Waals surface area contributed by atoms with E-state index in [1.165, 1.54) is 10.4 Å². The summed E-state index contributed by atoms with van der Waals surface area (Å²) in [6.07, 6.45) is 1.24. The largest absolute Gasteiger partial charge is 0.326 e. The van der Waals surface area contributed by atoms with Gasteiger partial charge < -0.3 is 5.32 Å². The van der Waals surface area contributed by atoms with Crippen molar-refractivity contribution in [3.05, 3.63) is 63.1 Å². The number of halogens is 3. The van der Waals surface area contributed by atoms with Gasteiger partial charge in [-0.2, -0.15) is 0 Å². The number of sulfonamides is 1. The lowest BCUT2D eigenvalue weighted by molar-refractivity contribution is -0.120. The lowest BCUT2D eigenvalue weighted by atomic mass is 9.99. The van der Waals surface area contributed by atoms with E-state index in [4.69, 9.17) is 34.8 Å². The molecule has 2 aromatic rings. The van der Waals surface area contributed by atoms with Gasteiger partial charge in [0.25, 0.3) is 0 Å². The molecule has 0 unspecified atom stereocenters. The highest BCUT2D eigenvalue weighted by Crippen LogP contribution is 2.27. The van der Waals surface area contributed by atoms with Crippen molar-refractivity contribution in [1.82, 2.24) is 4.31 Å². The Labute approximate surface area is 179 Å². The van der Waals surface area contributed by atoms with Crippen LogP contribution in [0.3, 0.4) is 0 Å². The van der Waals surface area contributed by atoms with Gasteiger partial charge in [0.05, 0.1) is 11.7 Å². The van der Waals surface area contributed by atoms with Crippen LogP contribution >= 0.6 is 34.8 Å². The predicted octanol–water partition coefficient (Wildman–Crippen LogP) is 4.83. The Morgan fingerprint density at radius 2 is 1.86 bits per heavy atom. The molecule has 0 bridgehead atoms. The van der Waals surface area contributed by atoms with Gasteiger partial charge >= 0.3 is 0 Å². The minimum absolute atomic E-state index is 0.139. The van der Waals surface area contributed by atoms with Crippen molar-refractivity contribution >= 4 is 56.4 Å². The minimum atomic E-state index is -3.61. The SMILES string of the molecule is O=C(Nc1cccc(Cl)c1)[C@@H]1CCCN(S(=O)(=O)Cc2ccc(Cl)cc2Cl)C1. The van der Waals surface area contributed by atoms with Gasteiger partial charge in [0, 0.05) is 33.8 Å². The van der Waals surface area contributed by atoms with Crippen LogP contribution in [0.25, 0.3) is 0 Å². The van der Waals surface area contributed by atoms with E-state index in [1.54, 1.807) is 36.4 Å². The molecule has 0 saturated carbocycles. The smallest absolute Gasteiger partial charge is 0.228 e. The van der Waals surface area contributed by atoms with Gasteiger partial charge in [-0.05, 0) is 48.7 Å². The third-order valence-electron chi connectivity index (χ3n) is 4.59. The molecule has 2 aromatic carbocycles. The Morgan fingerprint density at radius 3 is 2.57 bits per heavy atom. The van der Waals surface area contributed by atoms with Gasteiger partial charge in [-0.15, -0.1) is 0 Å². The number of carbonyl (C=O) groups excluding carboxylic acids is 1. The van der Waals surface area contributed by atoms with E-state index in [0.717, 1.165) is 0 Å². The normalized spacial score (nSPS) is 18.0. The summed E-state index contributed by atoms with van der Waals surface area (Å²) in [4.78, 5) is 12.6. The number of anilines is 1. The fraction of sp³-hybridized carbons (Fsp3) is 0.316. The van der Waals surface area contributed by atoms with E-state index < -0.39 is 15.9 Å². The summed E-state index contributed by atoms with van der Waals surface area (Å²) in [6, 6.07) is 11.6. The summed E-state index contributed by atoms with van der Waals surface area (Å²) in [5, 5.41) is 4.08. The van der Waals surface area contributed by atoms with E-state index in [2.05, 4.69) is 5.32 Å². The highest BCUT2D eigenvalue weighted by Gasteiger charge is 2.32. The summed E-state index contributed by atoms with van der Waals surface area (Å²) >= 11 is 17.9. The van der Waals surface area contributed by atoms with Crippen molar-refractivity contribution in [2.45, 2.75) is 18.6 Å². The van der Waals surface area contributed by atoms with Crippen molar-refractivity contribution in [2.75, 3.05) is 18.4 Å². The van der Waals surface area contributed by atoms with Crippen molar-refractivity contribution in [3.8, 4) is 0 Å². The molecule has 5 nitrogen and oxygen atoms in total. The van der Waals surface area contributed by atoms with Gasteiger partial charge in [-0.1, -0.05) is 46.9 Å². The van der Waals surface area contributed by atoms with Crippen LogP contribution < -0.4 is 5.32 Å². The number of nitrogens with zero attached hydrogens (tertiary/aromatic N) is 1. The summed E-state index contributed by atoms with van der Waals surface area (Å²) in [5.41, 5.74) is 1.07. The summed E-state index contributed by atoms with van der Waals surface area (Å²) in [7, 11) is -3.61. The van der Waals surface area contributed by atoms with Gasteiger partial charge in [0.2, 0.25) is 15.9 Å². The van der Waals surface area contributed by atoms with Crippen LogP contribution in [0.2, 0.25) is 15.1 Å². The topological polar surface area (TPSA) is 66.5 Å². The van der Waals surface area contributed by atoms with Crippen LogP contribution in [0.4, 0.5) is 5.69 Å². The highest BCUT2D eigenvalue weighted by molar-refractivity contribution is 7.88. The molecule has 0 spiro atoms. The first-order valence-corrected chi connectivity index (χ1v) is 11.5. The van der Waals surface area contributed by atoms with Gasteiger partial charge in [0.15, 0.2) is 0 Å². The van der Waals surface area contributed by atoms with E-state index >= 15 is 0 Å². The Balaban J connectivity index is 1.68. The first-order chi connectivity index (χ1) is 13.2. The second kappa shape index (κ2) is 9.01. The Hall–Kier alpha value is -1.31. The fourth-order valence-corrected chi connectivity index (χ4v) is 5.53. The van der Waals surface area contributed by atoms with Gasteiger partial charge in [0.1, 0.15) is 0 Å². The summed E-state index contributed by atoms with van der Waals surface area (Å²) in [6.45, 7) is 0.522.